The first-order valence-electron chi connectivity index (χ1n) is 14.4. The summed E-state index contributed by atoms with van der Waals surface area (Å²) < 4.78 is 70.3. The van der Waals surface area contributed by atoms with Crippen molar-refractivity contribution in [3.63, 3.8) is 0 Å². The third-order valence-corrected chi connectivity index (χ3v) is 9.07. The molecule has 2 amide bonds. The number of carbonyl (C=O) groups excluding carboxylic acids is 2. The first-order valence-corrected chi connectivity index (χ1v) is 17.3. The molecule has 0 saturated carbocycles. The van der Waals surface area contributed by atoms with Gasteiger partial charge in [-0.25, -0.2) is 0 Å². The molecule has 4 aromatic rings. The van der Waals surface area contributed by atoms with Crippen molar-refractivity contribution in [1.29, 1.82) is 0 Å². The summed E-state index contributed by atoms with van der Waals surface area (Å²) in [5, 5.41) is 26.5. The standard InChI is InChI=1S/C32H24N8O8S2/c1-19-29(31(41)39(37-19)23-9-5-3-6-10-23)35-33-21-13-15-25(27(17-21)49(43,44)45)26-16-14-22(18-28(26)50(46,47)48)34-36-30-20(2)38-40(32(30)42)24-11-7-4-8-12-24/h3-18H,1-2H3,(H,43,44,45)(H,46,47,48). The molecule has 2 radical (unpaired) electrons. The van der Waals surface area contributed by atoms with E-state index < -0.39 is 41.8 Å². The summed E-state index contributed by atoms with van der Waals surface area (Å²) in [6.07, 6.45) is 0. The molecule has 2 aliphatic rings. The fourth-order valence-electron chi connectivity index (χ4n) is 4.95. The molecule has 2 aliphatic heterocycles. The molecule has 252 valence electrons. The van der Waals surface area contributed by atoms with Gasteiger partial charge in [0.05, 0.1) is 34.2 Å². The molecule has 50 heavy (non-hydrogen) atoms. The van der Waals surface area contributed by atoms with Crippen molar-refractivity contribution in [2.24, 2.45) is 30.7 Å². The van der Waals surface area contributed by atoms with Crippen molar-refractivity contribution in [3.05, 3.63) is 109 Å². The quantitative estimate of drug-likeness (QED) is 0.156. The van der Waals surface area contributed by atoms with Crippen molar-refractivity contribution in [1.82, 2.24) is 0 Å². The Morgan fingerprint density at radius 3 is 1.24 bits per heavy atom. The number of benzene rings is 4. The lowest BCUT2D eigenvalue weighted by Crippen LogP contribution is -2.24. The number of hydrogen-bond donors (Lipinski definition) is 2. The van der Waals surface area contributed by atoms with E-state index in [-0.39, 0.29) is 46.0 Å². The lowest BCUT2D eigenvalue weighted by atomic mass is 10.0. The fraction of sp³-hybridized carbons (Fsp3) is 0.0625. The highest BCUT2D eigenvalue weighted by Crippen LogP contribution is 2.38. The van der Waals surface area contributed by atoms with Gasteiger partial charge in [0.15, 0.2) is 0 Å². The number of anilines is 2. The van der Waals surface area contributed by atoms with Crippen LogP contribution in [-0.2, 0) is 29.8 Å². The maximum atomic E-state index is 13.0. The van der Waals surface area contributed by atoms with Crippen LogP contribution < -0.4 is 10.0 Å². The van der Waals surface area contributed by atoms with Crippen molar-refractivity contribution < 1.29 is 35.5 Å². The summed E-state index contributed by atoms with van der Waals surface area (Å²) >= 11 is 0. The predicted molar refractivity (Wildman–Crippen MR) is 181 cm³/mol. The second-order valence-corrected chi connectivity index (χ2v) is 13.5. The summed E-state index contributed by atoms with van der Waals surface area (Å²) in [5.74, 6) is -1.16. The largest absolute Gasteiger partial charge is 0.295 e. The summed E-state index contributed by atoms with van der Waals surface area (Å²) in [7, 11) is -10.1. The van der Waals surface area contributed by atoms with E-state index in [4.69, 9.17) is 0 Å². The van der Waals surface area contributed by atoms with Gasteiger partial charge >= 0.3 is 0 Å². The Kier molecular flexibility index (Phi) is 9.02. The Balaban J connectivity index is 1.30. The Morgan fingerprint density at radius 2 is 0.900 bits per heavy atom. The smallest absolute Gasteiger partial charge is 0.282 e. The van der Waals surface area contributed by atoms with E-state index in [2.05, 4.69) is 30.7 Å². The molecule has 2 heterocycles. The van der Waals surface area contributed by atoms with Gasteiger partial charge in [0.2, 0.25) is 12.1 Å². The van der Waals surface area contributed by atoms with Crippen LogP contribution in [0.5, 0.6) is 0 Å². The molecular formula is C32H24N8O8S2. The zero-order valence-corrected chi connectivity index (χ0v) is 27.6. The van der Waals surface area contributed by atoms with Gasteiger partial charge in [-0.05, 0) is 62.4 Å². The topological polar surface area (TPSA) is 224 Å². The number of nitrogens with zero attached hydrogens (tertiary/aromatic N) is 8. The van der Waals surface area contributed by atoms with Gasteiger partial charge in [-0.3, -0.25) is 18.7 Å². The normalized spacial score (nSPS) is 16.2. The molecule has 18 heteroatoms. The predicted octanol–water partition coefficient (Wildman–Crippen LogP) is 5.92. The van der Waals surface area contributed by atoms with E-state index in [1.807, 2.05) is 0 Å². The number of amides is 2. The molecule has 6 rings (SSSR count). The number of para-hydroxylation sites is 2. The number of hydrogen-bond acceptors (Lipinski definition) is 12. The Bertz CT molecular complexity index is 2200. The molecular weight excluding hydrogens is 689 g/mol. The van der Waals surface area contributed by atoms with Crippen molar-refractivity contribution >= 4 is 66.2 Å². The number of hydrazone groups is 2. The third kappa shape index (κ3) is 6.85. The fourth-order valence-corrected chi connectivity index (χ4v) is 6.40. The number of azo groups is 2. The van der Waals surface area contributed by atoms with Crippen LogP contribution in [0.3, 0.4) is 0 Å². The minimum absolute atomic E-state index is 0.114. The van der Waals surface area contributed by atoms with Gasteiger partial charge in [-0.15, -0.1) is 0 Å². The van der Waals surface area contributed by atoms with Crippen LogP contribution in [0, 0.1) is 12.1 Å². The van der Waals surface area contributed by atoms with Gasteiger partial charge in [0.1, 0.15) is 9.79 Å². The van der Waals surface area contributed by atoms with Crippen LogP contribution in [0.1, 0.15) is 13.8 Å². The maximum Gasteiger partial charge on any atom is 0.295 e. The minimum atomic E-state index is -5.03. The molecule has 4 aromatic carbocycles. The summed E-state index contributed by atoms with van der Waals surface area (Å²) in [6.45, 7) is 3.08. The molecule has 16 nitrogen and oxygen atoms in total. The van der Waals surface area contributed by atoms with E-state index in [9.17, 15) is 35.5 Å². The van der Waals surface area contributed by atoms with E-state index in [0.717, 1.165) is 34.3 Å². The number of carbonyl (C=O) groups is 2. The van der Waals surface area contributed by atoms with Gasteiger partial charge < -0.3 is 0 Å². The molecule has 0 saturated heterocycles. The zero-order chi connectivity index (χ0) is 35.8. The van der Waals surface area contributed by atoms with Crippen LogP contribution in [-0.4, -0.2) is 49.2 Å². The summed E-state index contributed by atoms with van der Waals surface area (Å²) in [6, 6.07) is 23.6. The van der Waals surface area contributed by atoms with Crippen LogP contribution in [0.4, 0.5) is 22.7 Å². The zero-order valence-electron chi connectivity index (χ0n) is 26.0. The molecule has 0 bridgehead atoms. The van der Waals surface area contributed by atoms with Gasteiger partial charge in [-0.2, -0.15) is 57.5 Å². The van der Waals surface area contributed by atoms with E-state index >= 15 is 0 Å². The number of rotatable bonds is 9. The minimum Gasteiger partial charge on any atom is -0.282 e. The van der Waals surface area contributed by atoms with Crippen LogP contribution in [0.25, 0.3) is 11.1 Å². The van der Waals surface area contributed by atoms with Crippen LogP contribution in [0.15, 0.2) is 138 Å². The van der Waals surface area contributed by atoms with E-state index in [0.29, 0.717) is 11.4 Å². The monoisotopic (exact) mass is 712 g/mol. The van der Waals surface area contributed by atoms with Crippen molar-refractivity contribution in [2.45, 2.75) is 23.6 Å². The van der Waals surface area contributed by atoms with E-state index in [1.54, 1.807) is 74.5 Å². The lowest BCUT2D eigenvalue weighted by molar-refractivity contribution is -0.116. The van der Waals surface area contributed by atoms with Gasteiger partial charge in [-0.1, -0.05) is 48.5 Å². The summed E-state index contributed by atoms with van der Waals surface area (Å²) in [4.78, 5) is 24.4. The van der Waals surface area contributed by atoms with Crippen molar-refractivity contribution in [3.8, 4) is 11.1 Å². The summed E-state index contributed by atoms with van der Waals surface area (Å²) in [5.41, 5.74) is 0.603. The Labute approximate surface area is 285 Å². The first-order chi connectivity index (χ1) is 23.7. The molecule has 0 aliphatic carbocycles. The average molecular weight is 713 g/mol. The first kappa shape index (κ1) is 34.1. The Morgan fingerprint density at radius 1 is 0.540 bits per heavy atom. The molecule has 0 unspecified atom stereocenters. The molecule has 0 fully saturated rings. The highest BCUT2D eigenvalue weighted by Gasteiger charge is 2.37. The average Bonchev–Trinajstić information content (AvgIpc) is 3.54. The Hall–Kier alpha value is -5.82. The second kappa shape index (κ2) is 13.2. The van der Waals surface area contributed by atoms with Gasteiger partial charge in [0, 0.05) is 11.1 Å². The van der Waals surface area contributed by atoms with Gasteiger partial charge in [0.25, 0.3) is 32.1 Å². The molecule has 0 spiro atoms. The van der Waals surface area contributed by atoms with Crippen LogP contribution in [0.2, 0.25) is 0 Å². The molecule has 0 aromatic heterocycles. The molecule has 0 atom stereocenters. The lowest BCUT2D eigenvalue weighted by Gasteiger charge is -2.13. The maximum absolute atomic E-state index is 13.0. The third-order valence-electron chi connectivity index (χ3n) is 7.28. The highest BCUT2D eigenvalue weighted by molar-refractivity contribution is 7.86. The molecule has 2 N–H and O–H groups in total. The van der Waals surface area contributed by atoms with E-state index in [1.165, 1.54) is 12.1 Å². The van der Waals surface area contributed by atoms with Crippen molar-refractivity contribution in [2.75, 3.05) is 10.0 Å². The SMILES string of the molecule is CC1=NN(c2ccccc2)C(=O)[C]1N=Nc1ccc(-c2ccc(N=N[C]3C(=O)N(c4ccccc4)N=C3C)cc2S(=O)(=O)O)c(S(=O)(=O)O)c1. The second-order valence-electron chi connectivity index (χ2n) is 10.7. The van der Waals surface area contributed by atoms with Crippen LogP contribution >= 0.6 is 0 Å². The highest BCUT2D eigenvalue weighted by atomic mass is 32.2.